The van der Waals surface area contributed by atoms with Crippen molar-refractivity contribution in [2.24, 2.45) is 0 Å². The van der Waals surface area contributed by atoms with Gasteiger partial charge in [-0.25, -0.2) is 0 Å². The Labute approximate surface area is 213 Å². The molecule has 0 unspecified atom stereocenters. The number of nitrogens with zero attached hydrogens (tertiary/aromatic N) is 2. The fraction of sp³-hybridized carbons (Fsp3) is 0.367. The van der Waals surface area contributed by atoms with Crippen LogP contribution in [0.25, 0.3) is 10.8 Å². The number of aryl methyl sites for hydroxylation is 1. The van der Waals surface area contributed by atoms with Gasteiger partial charge >= 0.3 is 0 Å². The van der Waals surface area contributed by atoms with E-state index in [1.54, 1.807) is 16.7 Å². The zero-order chi connectivity index (χ0) is 25.8. The number of hydrogen-bond acceptors (Lipinski definition) is 3. The molecule has 0 aliphatic carbocycles. The zero-order valence-corrected chi connectivity index (χ0v) is 21.6. The third-order valence-electron chi connectivity index (χ3n) is 7.19. The molecular formula is C30H35N3O3. The van der Waals surface area contributed by atoms with E-state index in [0.717, 1.165) is 34.0 Å². The lowest BCUT2D eigenvalue weighted by Gasteiger charge is -2.30. The first-order valence-electron chi connectivity index (χ1n) is 12.8. The van der Waals surface area contributed by atoms with Crippen LogP contribution in [0, 0.1) is 6.92 Å². The molecule has 0 radical (unpaired) electrons. The Morgan fingerprint density at radius 2 is 1.72 bits per heavy atom. The van der Waals surface area contributed by atoms with Crippen LogP contribution in [0.15, 0.2) is 60.7 Å². The number of carbonyl (C=O) groups is 3. The molecule has 6 nitrogen and oxygen atoms in total. The number of rotatable bonds is 10. The highest BCUT2D eigenvalue weighted by Gasteiger charge is 2.30. The summed E-state index contributed by atoms with van der Waals surface area (Å²) in [4.78, 5) is 42.9. The highest BCUT2D eigenvalue weighted by molar-refractivity contribution is 6.25. The fourth-order valence-electron chi connectivity index (χ4n) is 4.75. The molecule has 2 atom stereocenters. The molecule has 0 saturated carbocycles. The van der Waals surface area contributed by atoms with E-state index in [4.69, 9.17) is 0 Å². The van der Waals surface area contributed by atoms with Gasteiger partial charge in [-0.15, -0.1) is 0 Å². The van der Waals surface area contributed by atoms with Gasteiger partial charge in [-0.3, -0.25) is 14.4 Å². The molecule has 0 bridgehead atoms. The van der Waals surface area contributed by atoms with E-state index in [9.17, 15) is 14.4 Å². The Morgan fingerprint density at radius 1 is 1.00 bits per heavy atom. The second kappa shape index (κ2) is 10.9. The summed E-state index contributed by atoms with van der Waals surface area (Å²) >= 11 is 0. The van der Waals surface area contributed by atoms with Crippen molar-refractivity contribution < 1.29 is 14.4 Å². The van der Waals surface area contributed by atoms with Gasteiger partial charge in [0.1, 0.15) is 6.04 Å². The van der Waals surface area contributed by atoms with Crippen LogP contribution in [-0.2, 0) is 16.1 Å². The van der Waals surface area contributed by atoms with Gasteiger partial charge in [-0.05, 0) is 62.3 Å². The number of benzene rings is 3. The molecule has 36 heavy (non-hydrogen) atoms. The Hall–Kier alpha value is -3.67. The van der Waals surface area contributed by atoms with Crippen molar-refractivity contribution in [2.75, 3.05) is 11.4 Å². The predicted octanol–water partition coefficient (Wildman–Crippen LogP) is 5.22. The van der Waals surface area contributed by atoms with Crippen molar-refractivity contribution in [3.63, 3.8) is 0 Å². The third-order valence-corrected chi connectivity index (χ3v) is 7.19. The molecule has 1 N–H and O–H groups in total. The molecule has 3 aromatic rings. The van der Waals surface area contributed by atoms with Crippen molar-refractivity contribution in [2.45, 2.75) is 65.6 Å². The molecule has 6 heteroatoms. The number of hydrogen-bond donors (Lipinski definition) is 1. The van der Waals surface area contributed by atoms with Crippen LogP contribution < -0.4 is 10.2 Å². The van der Waals surface area contributed by atoms with Crippen molar-refractivity contribution in [3.05, 3.63) is 77.4 Å². The largest absolute Gasteiger partial charge is 0.352 e. The topological polar surface area (TPSA) is 69.7 Å². The molecule has 0 aromatic heterocycles. The standard InChI is InChI=1S/C30H35N3O3/c1-5-21(3)31-29(35)22(4)33(19-24-12-7-6-11-20(24)2)27(34)17-10-18-32-26-16-9-14-23-13-8-15-25(28(23)26)30(32)36/h6-9,11-16,21-22H,5,10,17-19H2,1-4H3,(H,31,35)/t21-,22+/m1/s1. The molecule has 0 fully saturated rings. The van der Waals surface area contributed by atoms with E-state index < -0.39 is 6.04 Å². The van der Waals surface area contributed by atoms with E-state index in [2.05, 4.69) is 5.32 Å². The average Bonchev–Trinajstić information content (AvgIpc) is 3.15. The summed E-state index contributed by atoms with van der Waals surface area (Å²) in [6.45, 7) is 8.60. The SMILES string of the molecule is CC[C@@H](C)NC(=O)[C@H](C)N(Cc1ccccc1C)C(=O)CCCN1C(=O)c2cccc3cccc1c23. The summed E-state index contributed by atoms with van der Waals surface area (Å²) in [5.74, 6) is -0.261. The van der Waals surface area contributed by atoms with Crippen LogP contribution >= 0.6 is 0 Å². The average molecular weight is 486 g/mol. The van der Waals surface area contributed by atoms with Gasteiger partial charge in [-0.2, -0.15) is 0 Å². The quantitative estimate of drug-likeness (QED) is 0.428. The van der Waals surface area contributed by atoms with Gasteiger partial charge in [0, 0.05) is 36.5 Å². The molecule has 1 heterocycles. The predicted molar refractivity (Wildman–Crippen MR) is 144 cm³/mol. The summed E-state index contributed by atoms with van der Waals surface area (Å²) in [5, 5.41) is 5.03. The zero-order valence-electron chi connectivity index (χ0n) is 21.6. The first kappa shape index (κ1) is 25.4. The van der Waals surface area contributed by atoms with Crippen LogP contribution in [0.2, 0.25) is 0 Å². The van der Waals surface area contributed by atoms with Crippen molar-refractivity contribution >= 4 is 34.2 Å². The molecule has 188 valence electrons. The van der Waals surface area contributed by atoms with Crippen LogP contribution in [0.1, 0.15) is 61.5 Å². The molecule has 0 saturated heterocycles. The van der Waals surface area contributed by atoms with Crippen LogP contribution in [0.5, 0.6) is 0 Å². The van der Waals surface area contributed by atoms with Crippen LogP contribution in [-0.4, -0.2) is 41.2 Å². The maximum absolute atomic E-state index is 13.5. The first-order chi connectivity index (χ1) is 17.3. The minimum atomic E-state index is -0.600. The Balaban J connectivity index is 1.47. The Kier molecular flexibility index (Phi) is 7.73. The van der Waals surface area contributed by atoms with Crippen LogP contribution in [0.3, 0.4) is 0 Å². The smallest absolute Gasteiger partial charge is 0.258 e. The van der Waals surface area contributed by atoms with Gasteiger partial charge in [-0.1, -0.05) is 55.5 Å². The molecule has 4 rings (SSSR count). The van der Waals surface area contributed by atoms with Gasteiger partial charge in [0.05, 0.1) is 5.69 Å². The van der Waals surface area contributed by atoms with Crippen LogP contribution in [0.4, 0.5) is 5.69 Å². The lowest BCUT2D eigenvalue weighted by atomic mass is 10.1. The van der Waals surface area contributed by atoms with Gasteiger partial charge in [0.25, 0.3) is 5.91 Å². The molecule has 3 aromatic carbocycles. The van der Waals surface area contributed by atoms with Crippen molar-refractivity contribution in [3.8, 4) is 0 Å². The van der Waals surface area contributed by atoms with E-state index in [-0.39, 0.29) is 30.2 Å². The second-order valence-electron chi connectivity index (χ2n) is 9.68. The molecular weight excluding hydrogens is 450 g/mol. The lowest BCUT2D eigenvalue weighted by molar-refractivity contribution is -0.140. The molecule has 3 amide bonds. The molecule has 1 aliphatic rings. The summed E-state index contributed by atoms with van der Waals surface area (Å²) in [5.41, 5.74) is 3.72. The number of nitrogens with one attached hydrogen (secondary N) is 1. The Morgan fingerprint density at radius 3 is 2.44 bits per heavy atom. The lowest BCUT2D eigenvalue weighted by Crippen LogP contribution is -2.49. The second-order valence-corrected chi connectivity index (χ2v) is 9.68. The van der Waals surface area contributed by atoms with E-state index in [1.165, 1.54) is 0 Å². The van der Waals surface area contributed by atoms with E-state index in [0.29, 0.717) is 25.1 Å². The highest BCUT2D eigenvalue weighted by atomic mass is 16.2. The molecule has 0 spiro atoms. The normalized spacial score (nSPS) is 14.1. The van der Waals surface area contributed by atoms with Gasteiger partial charge < -0.3 is 15.1 Å². The van der Waals surface area contributed by atoms with Gasteiger partial charge in [0.2, 0.25) is 11.8 Å². The summed E-state index contributed by atoms with van der Waals surface area (Å²) in [6.07, 6.45) is 1.59. The minimum Gasteiger partial charge on any atom is -0.352 e. The summed E-state index contributed by atoms with van der Waals surface area (Å²) < 4.78 is 0. The van der Waals surface area contributed by atoms with E-state index >= 15 is 0 Å². The van der Waals surface area contributed by atoms with E-state index in [1.807, 2.05) is 81.4 Å². The summed E-state index contributed by atoms with van der Waals surface area (Å²) in [7, 11) is 0. The monoisotopic (exact) mass is 485 g/mol. The summed E-state index contributed by atoms with van der Waals surface area (Å²) in [6, 6.07) is 19.1. The maximum Gasteiger partial charge on any atom is 0.258 e. The first-order valence-corrected chi connectivity index (χ1v) is 12.8. The van der Waals surface area contributed by atoms with Crippen molar-refractivity contribution in [1.82, 2.24) is 10.2 Å². The van der Waals surface area contributed by atoms with Crippen molar-refractivity contribution in [1.29, 1.82) is 0 Å². The molecule has 1 aliphatic heterocycles. The third kappa shape index (κ3) is 5.13. The fourth-order valence-corrected chi connectivity index (χ4v) is 4.75. The number of carbonyl (C=O) groups excluding carboxylic acids is 3. The number of anilines is 1. The van der Waals surface area contributed by atoms with Gasteiger partial charge in [0.15, 0.2) is 0 Å². The Bertz CT molecular complexity index is 1280. The minimum absolute atomic E-state index is 0.0210. The maximum atomic E-state index is 13.5. The highest BCUT2D eigenvalue weighted by Crippen LogP contribution is 2.37. The number of amides is 3.